The number of halogens is 3. The maximum atomic E-state index is 13.0. The number of alkyl halides is 3. The molecule has 0 aliphatic carbocycles. The Labute approximate surface area is 162 Å². The molecule has 1 heterocycles. The van der Waals surface area contributed by atoms with Crippen LogP contribution in [0.25, 0.3) is 5.69 Å². The summed E-state index contributed by atoms with van der Waals surface area (Å²) in [6.45, 7) is 0. The first kappa shape index (κ1) is 20.1. The number of nitrogen functional groups attached to an aromatic ring is 1. The smallest absolute Gasteiger partial charge is 0.431 e. The Morgan fingerprint density at radius 3 is 2.34 bits per heavy atom. The highest BCUT2D eigenvalue weighted by Gasteiger charge is 2.35. The minimum Gasteiger partial charge on any atom is -0.497 e. The molecular weight excluding hydrogens is 391 g/mol. The van der Waals surface area contributed by atoms with Crippen LogP contribution >= 0.6 is 0 Å². The summed E-state index contributed by atoms with van der Waals surface area (Å²) in [6.07, 6.45) is -4.84. The highest BCUT2D eigenvalue weighted by Crippen LogP contribution is 2.31. The summed E-state index contributed by atoms with van der Waals surface area (Å²) in [5.41, 5.74) is 2.49. The van der Waals surface area contributed by atoms with Gasteiger partial charge in [0.2, 0.25) is 0 Å². The second kappa shape index (κ2) is 7.38. The summed E-state index contributed by atoms with van der Waals surface area (Å²) in [5.74, 6) is 1.02. The predicted octanol–water partition coefficient (Wildman–Crippen LogP) is 2.94. The quantitative estimate of drug-likeness (QED) is 0.672. The standard InChI is InChI=1S/C19H16F3N3O4/c1-24-16(19(20,21)22)10-17(26)25(18(24)27)11-6-7-14(23)15(8-11)29-13-5-3-4-12(9-13)28-2/h3-10H,23H2,1-2H3. The van der Waals surface area contributed by atoms with E-state index in [2.05, 4.69) is 0 Å². The van der Waals surface area contributed by atoms with Crippen LogP contribution in [0.5, 0.6) is 17.2 Å². The largest absolute Gasteiger partial charge is 0.497 e. The zero-order chi connectivity index (χ0) is 21.3. The molecule has 7 nitrogen and oxygen atoms in total. The monoisotopic (exact) mass is 407 g/mol. The van der Waals surface area contributed by atoms with Crippen molar-refractivity contribution in [1.29, 1.82) is 0 Å². The highest BCUT2D eigenvalue weighted by molar-refractivity contribution is 5.59. The van der Waals surface area contributed by atoms with Gasteiger partial charge in [0.15, 0.2) is 5.75 Å². The normalized spacial score (nSPS) is 11.3. The summed E-state index contributed by atoms with van der Waals surface area (Å²) in [6, 6.07) is 11.0. The van der Waals surface area contributed by atoms with E-state index in [9.17, 15) is 22.8 Å². The van der Waals surface area contributed by atoms with Crippen LogP contribution in [-0.4, -0.2) is 16.2 Å². The predicted molar refractivity (Wildman–Crippen MR) is 99.8 cm³/mol. The second-order valence-electron chi connectivity index (χ2n) is 6.05. The summed E-state index contributed by atoms with van der Waals surface area (Å²) in [4.78, 5) is 24.7. The van der Waals surface area contributed by atoms with Crippen LogP contribution < -0.4 is 26.5 Å². The fourth-order valence-electron chi connectivity index (χ4n) is 2.68. The van der Waals surface area contributed by atoms with E-state index in [0.717, 1.165) is 7.05 Å². The molecule has 0 saturated carbocycles. The number of hydrogen-bond acceptors (Lipinski definition) is 5. The van der Waals surface area contributed by atoms with Gasteiger partial charge in [-0.25, -0.2) is 9.36 Å². The van der Waals surface area contributed by atoms with Crippen LogP contribution in [0, 0.1) is 0 Å². The molecule has 0 aliphatic heterocycles. The van der Waals surface area contributed by atoms with Gasteiger partial charge in [0.25, 0.3) is 5.56 Å². The Hall–Kier alpha value is -3.69. The summed E-state index contributed by atoms with van der Waals surface area (Å²) in [7, 11) is 2.42. The van der Waals surface area contributed by atoms with E-state index in [-0.39, 0.29) is 17.1 Å². The Balaban J connectivity index is 2.10. The zero-order valence-electron chi connectivity index (χ0n) is 15.4. The molecule has 3 rings (SSSR count). The number of ether oxygens (including phenoxy) is 2. The molecule has 0 atom stereocenters. The molecule has 2 N–H and O–H groups in total. The van der Waals surface area contributed by atoms with Crippen LogP contribution in [0.4, 0.5) is 18.9 Å². The maximum Gasteiger partial charge on any atom is 0.431 e. The lowest BCUT2D eigenvalue weighted by molar-refractivity contribution is -0.144. The average molecular weight is 407 g/mol. The molecular formula is C19H16F3N3O4. The lowest BCUT2D eigenvalue weighted by atomic mass is 10.2. The maximum absolute atomic E-state index is 13.0. The van der Waals surface area contributed by atoms with E-state index in [4.69, 9.17) is 15.2 Å². The van der Waals surface area contributed by atoms with Gasteiger partial charge in [0.05, 0.1) is 18.5 Å². The zero-order valence-corrected chi connectivity index (χ0v) is 15.4. The van der Waals surface area contributed by atoms with E-state index >= 15 is 0 Å². The molecule has 3 aromatic rings. The molecule has 0 bridgehead atoms. The van der Waals surface area contributed by atoms with E-state index in [0.29, 0.717) is 26.7 Å². The van der Waals surface area contributed by atoms with Crippen LogP contribution in [0.1, 0.15) is 5.69 Å². The molecule has 1 aromatic heterocycles. The van der Waals surface area contributed by atoms with Crippen molar-refractivity contribution in [2.75, 3.05) is 12.8 Å². The first-order chi connectivity index (χ1) is 13.6. The number of rotatable bonds is 4. The number of methoxy groups -OCH3 is 1. The first-order valence-electron chi connectivity index (χ1n) is 8.24. The van der Waals surface area contributed by atoms with Gasteiger partial charge >= 0.3 is 11.9 Å². The number of anilines is 1. The van der Waals surface area contributed by atoms with Crippen molar-refractivity contribution in [3.8, 4) is 22.9 Å². The Morgan fingerprint density at radius 2 is 1.69 bits per heavy atom. The minimum absolute atomic E-state index is 0.0106. The molecule has 152 valence electrons. The fraction of sp³-hybridized carbons (Fsp3) is 0.158. The van der Waals surface area contributed by atoms with Gasteiger partial charge in [-0.05, 0) is 24.3 Å². The summed E-state index contributed by atoms with van der Waals surface area (Å²) < 4.78 is 50.8. The second-order valence-corrected chi connectivity index (χ2v) is 6.05. The summed E-state index contributed by atoms with van der Waals surface area (Å²) in [5, 5.41) is 0. The molecule has 10 heteroatoms. The molecule has 0 fully saturated rings. The van der Waals surface area contributed by atoms with Crippen molar-refractivity contribution < 1.29 is 22.6 Å². The van der Waals surface area contributed by atoms with Gasteiger partial charge in [-0.1, -0.05) is 6.07 Å². The average Bonchev–Trinajstić information content (AvgIpc) is 2.66. The van der Waals surface area contributed by atoms with Gasteiger partial charge in [-0.15, -0.1) is 0 Å². The first-order valence-corrected chi connectivity index (χ1v) is 8.24. The molecule has 0 amide bonds. The topological polar surface area (TPSA) is 88.5 Å². The van der Waals surface area contributed by atoms with Crippen molar-refractivity contribution in [3.05, 3.63) is 75.1 Å². The number of hydrogen-bond donors (Lipinski definition) is 1. The summed E-state index contributed by atoms with van der Waals surface area (Å²) >= 11 is 0. The SMILES string of the molecule is COc1cccc(Oc2cc(-n3c(=O)cc(C(F)(F)F)n(C)c3=O)ccc2N)c1. The van der Waals surface area contributed by atoms with E-state index < -0.39 is 23.1 Å². The van der Waals surface area contributed by atoms with Crippen LogP contribution in [0.3, 0.4) is 0 Å². The van der Waals surface area contributed by atoms with Crippen molar-refractivity contribution >= 4 is 5.69 Å². The minimum atomic E-state index is -4.84. The Kier molecular flexibility index (Phi) is 5.10. The lowest BCUT2D eigenvalue weighted by Crippen LogP contribution is -2.40. The Bertz CT molecular complexity index is 1180. The molecule has 2 aromatic carbocycles. The Morgan fingerprint density at radius 1 is 1.00 bits per heavy atom. The molecule has 0 unspecified atom stereocenters. The molecule has 0 radical (unpaired) electrons. The van der Waals surface area contributed by atoms with Gasteiger partial charge in [-0.3, -0.25) is 9.36 Å². The van der Waals surface area contributed by atoms with E-state index in [1.807, 2.05) is 0 Å². The third-order valence-corrected chi connectivity index (χ3v) is 4.13. The van der Waals surface area contributed by atoms with Crippen LogP contribution in [0.2, 0.25) is 0 Å². The number of nitrogens with zero attached hydrogens (tertiary/aromatic N) is 2. The van der Waals surface area contributed by atoms with Crippen LogP contribution in [-0.2, 0) is 13.2 Å². The highest BCUT2D eigenvalue weighted by atomic mass is 19.4. The molecule has 0 aliphatic rings. The number of aromatic nitrogens is 2. The van der Waals surface area contributed by atoms with E-state index in [1.165, 1.54) is 25.3 Å². The molecule has 0 saturated heterocycles. The van der Waals surface area contributed by atoms with Crippen molar-refractivity contribution in [2.45, 2.75) is 6.18 Å². The van der Waals surface area contributed by atoms with Gasteiger partial charge in [-0.2, -0.15) is 13.2 Å². The van der Waals surface area contributed by atoms with Crippen LogP contribution in [0.15, 0.2) is 58.1 Å². The molecule has 29 heavy (non-hydrogen) atoms. The number of benzene rings is 2. The fourth-order valence-corrected chi connectivity index (χ4v) is 2.68. The lowest BCUT2D eigenvalue weighted by Gasteiger charge is -2.15. The van der Waals surface area contributed by atoms with Crippen molar-refractivity contribution in [2.24, 2.45) is 7.05 Å². The van der Waals surface area contributed by atoms with Gasteiger partial charge in [0, 0.05) is 25.2 Å². The number of nitrogens with two attached hydrogens (primary N) is 1. The van der Waals surface area contributed by atoms with Crippen molar-refractivity contribution in [1.82, 2.24) is 9.13 Å². The third kappa shape index (κ3) is 3.96. The third-order valence-electron chi connectivity index (χ3n) is 4.13. The molecule has 0 spiro atoms. The van der Waals surface area contributed by atoms with E-state index in [1.54, 1.807) is 24.3 Å². The van der Waals surface area contributed by atoms with Gasteiger partial charge < -0.3 is 15.2 Å². The van der Waals surface area contributed by atoms with Crippen molar-refractivity contribution in [3.63, 3.8) is 0 Å². The van der Waals surface area contributed by atoms with Gasteiger partial charge in [0.1, 0.15) is 17.2 Å².